The Morgan fingerprint density at radius 3 is 2.86 bits per heavy atom. The van der Waals surface area contributed by atoms with Crippen molar-refractivity contribution in [3.63, 3.8) is 0 Å². The highest BCUT2D eigenvalue weighted by Gasteiger charge is 2.76. The number of hydrogen-bond donors (Lipinski definition) is 2. The van der Waals surface area contributed by atoms with Gasteiger partial charge in [0.15, 0.2) is 5.60 Å². The van der Waals surface area contributed by atoms with Crippen molar-refractivity contribution in [1.82, 2.24) is 0 Å². The van der Waals surface area contributed by atoms with E-state index >= 15 is 0 Å². The van der Waals surface area contributed by atoms with E-state index in [1.165, 1.54) is 44.5 Å². The Labute approximate surface area is 132 Å². The molecule has 22 heavy (non-hydrogen) atoms. The van der Waals surface area contributed by atoms with E-state index in [9.17, 15) is 5.11 Å². The highest BCUT2D eigenvalue weighted by atomic mass is 16.3. The summed E-state index contributed by atoms with van der Waals surface area (Å²) < 4.78 is 1.12. The van der Waals surface area contributed by atoms with Crippen LogP contribution in [0.1, 0.15) is 51.0 Å². The van der Waals surface area contributed by atoms with Crippen LogP contribution in [-0.4, -0.2) is 34.9 Å². The maximum Gasteiger partial charge on any atom is 0.206 e. The van der Waals surface area contributed by atoms with Gasteiger partial charge in [0.2, 0.25) is 5.66 Å². The second-order valence-corrected chi connectivity index (χ2v) is 8.35. The molecule has 4 aliphatic heterocycles. The first-order chi connectivity index (χ1) is 10.6. The Morgan fingerprint density at radius 2 is 2.00 bits per heavy atom. The van der Waals surface area contributed by atoms with Crippen molar-refractivity contribution in [2.45, 2.75) is 56.7 Å². The maximum absolute atomic E-state index is 11.8. The summed E-state index contributed by atoms with van der Waals surface area (Å²) >= 11 is 0. The predicted molar refractivity (Wildman–Crippen MR) is 87.4 cm³/mol. The molecule has 118 valence electrons. The fourth-order valence-electron chi connectivity index (χ4n) is 6.62. The molecule has 1 aromatic carbocycles. The number of para-hydroxylation sites is 1. The second kappa shape index (κ2) is 3.88. The van der Waals surface area contributed by atoms with Gasteiger partial charge >= 0.3 is 0 Å². The van der Waals surface area contributed by atoms with E-state index in [1.807, 2.05) is 0 Å². The average Bonchev–Trinajstić information content (AvgIpc) is 2.94. The summed E-state index contributed by atoms with van der Waals surface area (Å²) in [5.41, 5.74) is 2.04. The van der Waals surface area contributed by atoms with E-state index in [1.54, 1.807) is 0 Å². The SMILES string of the molecule is CCC12CCC[N+]3(CCC4(O)c5ccccc5NC43CC1)C2. The number of benzene rings is 1. The van der Waals surface area contributed by atoms with Crippen molar-refractivity contribution in [2.75, 3.05) is 25.0 Å². The Balaban J connectivity index is 1.68. The topological polar surface area (TPSA) is 32.3 Å². The molecule has 2 bridgehead atoms. The first kappa shape index (κ1) is 13.4. The van der Waals surface area contributed by atoms with Crippen molar-refractivity contribution >= 4 is 5.69 Å². The Morgan fingerprint density at radius 1 is 1.14 bits per heavy atom. The van der Waals surface area contributed by atoms with E-state index in [0.29, 0.717) is 5.41 Å². The monoisotopic (exact) mass is 299 g/mol. The van der Waals surface area contributed by atoms with E-state index < -0.39 is 5.60 Å². The van der Waals surface area contributed by atoms with Gasteiger partial charge in [-0.2, -0.15) is 0 Å². The van der Waals surface area contributed by atoms with Gasteiger partial charge in [0.1, 0.15) is 0 Å². The van der Waals surface area contributed by atoms with Crippen molar-refractivity contribution in [1.29, 1.82) is 0 Å². The molecule has 4 heterocycles. The first-order valence-corrected chi connectivity index (χ1v) is 9.05. The largest absolute Gasteiger partial charge is 0.377 e. The van der Waals surface area contributed by atoms with E-state index in [4.69, 9.17) is 0 Å². The number of quaternary nitrogens is 1. The smallest absolute Gasteiger partial charge is 0.206 e. The zero-order valence-corrected chi connectivity index (χ0v) is 13.6. The molecule has 3 heteroatoms. The molecule has 0 aromatic heterocycles. The van der Waals surface area contributed by atoms with Crippen LogP contribution in [0.5, 0.6) is 0 Å². The minimum Gasteiger partial charge on any atom is -0.377 e. The number of hydrogen-bond acceptors (Lipinski definition) is 2. The zero-order chi connectivity index (χ0) is 15.1. The summed E-state index contributed by atoms with van der Waals surface area (Å²) in [6.45, 7) is 6.02. The van der Waals surface area contributed by atoms with Gasteiger partial charge in [-0.25, -0.2) is 0 Å². The number of nitrogens with one attached hydrogen (secondary N) is 1. The molecule has 0 saturated carbocycles. The van der Waals surface area contributed by atoms with E-state index in [0.717, 1.165) is 29.4 Å². The minimum absolute atomic E-state index is 0.157. The molecule has 2 spiro atoms. The molecule has 2 N–H and O–H groups in total. The fourth-order valence-corrected chi connectivity index (χ4v) is 6.62. The van der Waals surface area contributed by atoms with Gasteiger partial charge in [-0.3, -0.25) is 4.48 Å². The molecule has 5 rings (SSSR count). The molecule has 4 unspecified atom stereocenters. The third kappa shape index (κ3) is 1.25. The third-order valence-electron chi connectivity index (χ3n) is 7.81. The van der Waals surface area contributed by atoms with Crippen molar-refractivity contribution in [3.8, 4) is 0 Å². The first-order valence-electron chi connectivity index (χ1n) is 9.05. The standard InChI is InChI=1S/C19H27N2O/c1-2-17-8-5-12-21(14-17)13-11-18(22)15-6-3-4-7-16(15)20-19(18,21)10-9-17/h3-4,6-7,20,22H,2,5,8-14H2,1H3/q+1. The zero-order valence-electron chi connectivity index (χ0n) is 13.6. The fraction of sp³-hybridized carbons (Fsp3) is 0.684. The summed E-state index contributed by atoms with van der Waals surface area (Å²) in [4.78, 5) is 0. The quantitative estimate of drug-likeness (QED) is 0.781. The van der Waals surface area contributed by atoms with Crippen molar-refractivity contribution < 1.29 is 9.59 Å². The van der Waals surface area contributed by atoms with Crippen LogP contribution in [0.4, 0.5) is 5.69 Å². The predicted octanol–water partition coefficient (Wildman–Crippen LogP) is 3.20. The molecule has 4 atom stereocenters. The number of fused-ring (bicyclic) bond motifs is 3. The Kier molecular flexibility index (Phi) is 2.36. The Bertz CT molecular complexity index is 646. The van der Waals surface area contributed by atoms with Crippen LogP contribution in [0.3, 0.4) is 0 Å². The molecular weight excluding hydrogens is 272 g/mol. The molecule has 1 aromatic rings. The lowest BCUT2D eigenvalue weighted by Crippen LogP contribution is -2.75. The summed E-state index contributed by atoms with van der Waals surface area (Å²) in [6.07, 6.45) is 7.32. The molecule has 0 aliphatic carbocycles. The van der Waals surface area contributed by atoms with Crippen LogP contribution in [0, 0.1) is 5.41 Å². The molecular formula is C19H27N2O+. The number of piperidine rings is 2. The molecule has 3 nitrogen and oxygen atoms in total. The summed E-state index contributed by atoms with van der Waals surface area (Å²) in [5, 5.41) is 15.6. The van der Waals surface area contributed by atoms with Gasteiger partial charge in [-0.1, -0.05) is 25.1 Å². The Hall–Kier alpha value is -1.06. The molecule has 0 radical (unpaired) electrons. The third-order valence-corrected chi connectivity index (χ3v) is 7.81. The normalized spacial score (nSPS) is 48.3. The van der Waals surface area contributed by atoms with Gasteiger partial charge in [-0.15, -0.1) is 0 Å². The number of rotatable bonds is 1. The lowest BCUT2D eigenvalue weighted by atomic mass is 9.65. The lowest BCUT2D eigenvalue weighted by Gasteiger charge is -2.61. The molecule has 4 aliphatic rings. The van der Waals surface area contributed by atoms with E-state index in [-0.39, 0.29) is 5.66 Å². The van der Waals surface area contributed by atoms with Crippen LogP contribution in [0.2, 0.25) is 0 Å². The summed E-state index contributed by atoms with van der Waals surface area (Å²) in [6, 6.07) is 8.47. The van der Waals surface area contributed by atoms with Crippen LogP contribution in [-0.2, 0) is 5.60 Å². The van der Waals surface area contributed by atoms with Gasteiger partial charge < -0.3 is 10.4 Å². The summed E-state index contributed by atoms with van der Waals surface area (Å²) in [5.74, 6) is 0. The maximum atomic E-state index is 11.8. The van der Waals surface area contributed by atoms with Gasteiger partial charge in [-0.05, 0) is 31.7 Å². The minimum atomic E-state index is -0.666. The lowest BCUT2D eigenvalue weighted by molar-refractivity contribution is -0.981. The molecule has 3 fully saturated rings. The van der Waals surface area contributed by atoms with Crippen LogP contribution >= 0.6 is 0 Å². The second-order valence-electron chi connectivity index (χ2n) is 8.35. The van der Waals surface area contributed by atoms with Gasteiger partial charge in [0.25, 0.3) is 0 Å². The van der Waals surface area contributed by atoms with Crippen molar-refractivity contribution in [3.05, 3.63) is 29.8 Å². The molecule has 0 amide bonds. The van der Waals surface area contributed by atoms with E-state index in [2.05, 4.69) is 36.5 Å². The molecule has 3 saturated heterocycles. The van der Waals surface area contributed by atoms with Crippen LogP contribution < -0.4 is 5.32 Å². The van der Waals surface area contributed by atoms with Gasteiger partial charge in [0.05, 0.1) is 19.6 Å². The number of anilines is 1. The number of aliphatic hydroxyl groups is 1. The van der Waals surface area contributed by atoms with Crippen molar-refractivity contribution in [2.24, 2.45) is 5.41 Å². The highest BCUT2D eigenvalue weighted by Crippen LogP contribution is 2.64. The average molecular weight is 299 g/mol. The highest BCUT2D eigenvalue weighted by molar-refractivity contribution is 5.63. The number of nitrogens with zero attached hydrogens (tertiary/aromatic N) is 1. The van der Waals surface area contributed by atoms with Crippen LogP contribution in [0.15, 0.2) is 24.3 Å². The van der Waals surface area contributed by atoms with Gasteiger partial charge in [0, 0.05) is 29.5 Å². The van der Waals surface area contributed by atoms with Crippen LogP contribution in [0.25, 0.3) is 0 Å². The summed E-state index contributed by atoms with van der Waals surface area (Å²) in [7, 11) is 0.